The number of rotatable bonds is 6. The molecule has 1 aromatic carbocycles. The second kappa shape index (κ2) is 8.81. The summed E-state index contributed by atoms with van der Waals surface area (Å²) in [5.41, 5.74) is 9.67. The summed E-state index contributed by atoms with van der Waals surface area (Å²) >= 11 is 0. The molecule has 0 saturated carbocycles. The molecule has 0 aliphatic carbocycles. The second-order valence-electron chi connectivity index (χ2n) is 8.55. The van der Waals surface area contributed by atoms with Gasteiger partial charge in [-0.1, -0.05) is 6.07 Å². The van der Waals surface area contributed by atoms with Gasteiger partial charge in [-0.3, -0.25) is 5.32 Å². The fourth-order valence-electron chi connectivity index (χ4n) is 3.24. The number of benzene rings is 1. The number of fused-ring (bicyclic) bond motifs is 1. The average Bonchev–Trinajstić information content (AvgIpc) is 3.05. The van der Waals surface area contributed by atoms with Crippen LogP contribution in [-0.2, 0) is 11.2 Å². The maximum absolute atomic E-state index is 12.2. The van der Waals surface area contributed by atoms with Crippen LogP contribution in [0.25, 0.3) is 16.6 Å². The Hall–Kier alpha value is -3.33. The Morgan fingerprint density at radius 2 is 2.00 bits per heavy atom. The number of amides is 1. The van der Waals surface area contributed by atoms with Crippen molar-refractivity contribution in [2.75, 3.05) is 38.8 Å². The van der Waals surface area contributed by atoms with Crippen molar-refractivity contribution in [1.82, 2.24) is 19.5 Å². The van der Waals surface area contributed by atoms with E-state index in [1.54, 1.807) is 13.2 Å². The van der Waals surface area contributed by atoms with Crippen molar-refractivity contribution in [2.24, 2.45) is 0 Å². The van der Waals surface area contributed by atoms with Gasteiger partial charge >= 0.3 is 6.09 Å². The van der Waals surface area contributed by atoms with E-state index in [-0.39, 0.29) is 0 Å². The first-order valence-corrected chi connectivity index (χ1v) is 10.0. The lowest BCUT2D eigenvalue weighted by molar-refractivity contribution is 0.0635. The van der Waals surface area contributed by atoms with Crippen LogP contribution in [0.1, 0.15) is 26.5 Å². The second-order valence-corrected chi connectivity index (χ2v) is 8.55. The van der Waals surface area contributed by atoms with Crippen molar-refractivity contribution in [3.8, 4) is 16.9 Å². The Labute approximate surface area is 182 Å². The number of hydrogen-bond donors (Lipinski definition) is 2. The zero-order valence-corrected chi connectivity index (χ0v) is 18.9. The number of nitrogens with zero attached hydrogens (tertiary/aromatic N) is 4. The van der Waals surface area contributed by atoms with Crippen molar-refractivity contribution < 1.29 is 14.3 Å². The van der Waals surface area contributed by atoms with Crippen LogP contribution in [-0.4, -0.2) is 58.9 Å². The lowest BCUT2D eigenvalue weighted by atomic mass is 10.1. The Morgan fingerprint density at radius 1 is 1.26 bits per heavy atom. The molecular weight excluding hydrogens is 396 g/mol. The van der Waals surface area contributed by atoms with Crippen molar-refractivity contribution in [2.45, 2.75) is 32.8 Å². The molecule has 1 amide bonds. The molecule has 9 heteroatoms. The van der Waals surface area contributed by atoms with E-state index in [1.165, 1.54) is 6.33 Å². The first-order chi connectivity index (χ1) is 14.6. The molecule has 0 fully saturated rings. The highest BCUT2D eigenvalue weighted by Gasteiger charge is 2.19. The van der Waals surface area contributed by atoms with E-state index in [2.05, 4.69) is 26.4 Å². The molecule has 2 heterocycles. The largest absolute Gasteiger partial charge is 0.495 e. The maximum Gasteiger partial charge on any atom is 0.412 e. The van der Waals surface area contributed by atoms with Gasteiger partial charge in [0, 0.05) is 24.2 Å². The van der Waals surface area contributed by atoms with Crippen LogP contribution in [0, 0.1) is 0 Å². The van der Waals surface area contributed by atoms with Gasteiger partial charge in [0.15, 0.2) is 5.82 Å². The van der Waals surface area contributed by atoms with Crippen molar-refractivity contribution in [3.63, 3.8) is 0 Å². The zero-order chi connectivity index (χ0) is 22.8. The number of nitrogens with two attached hydrogens (primary N) is 1. The summed E-state index contributed by atoms with van der Waals surface area (Å²) in [6, 6.07) is 7.59. The van der Waals surface area contributed by atoms with Gasteiger partial charge in [-0.2, -0.15) is 5.10 Å². The molecule has 31 heavy (non-hydrogen) atoms. The maximum atomic E-state index is 12.2. The molecule has 0 bridgehead atoms. The quantitative estimate of drug-likeness (QED) is 0.622. The highest BCUT2D eigenvalue weighted by molar-refractivity contribution is 5.92. The molecule has 0 aliphatic rings. The van der Waals surface area contributed by atoms with Crippen LogP contribution in [0.2, 0.25) is 0 Å². The molecule has 0 radical (unpaired) electrons. The van der Waals surface area contributed by atoms with Gasteiger partial charge in [-0.25, -0.2) is 14.3 Å². The molecule has 0 unspecified atom stereocenters. The molecule has 9 nitrogen and oxygen atoms in total. The lowest BCUT2D eigenvalue weighted by Crippen LogP contribution is -2.27. The standard InChI is InChI=1S/C22H30N6O3/c1-22(2,3)31-21(29)26-17-8-7-14(11-18(17)30-6)16-12-15(9-10-27(4)5)28-19(16)20(23)24-13-25-28/h7-8,11-13H,9-10H2,1-6H3,(H,26,29)(H2,23,24,25). The Morgan fingerprint density at radius 3 is 2.65 bits per heavy atom. The molecule has 0 aliphatic heterocycles. The first-order valence-electron chi connectivity index (χ1n) is 10.0. The van der Waals surface area contributed by atoms with Crippen LogP contribution in [0.4, 0.5) is 16.3 Å². The number of carbonyl (C=O) groups is 1. The van der Waals surface area contributed by atoms with E-state index in [1.807, 2.05) is 51.5 Å². The highest BCUT2D eigenvalue weighted by Crippen LogP contribution is 2.35. The average molecular weight is 427 g/mol. The van der Waals surface area contributed by atoms with E-state index >= 15 is 0 Å². The van der Waals surface area contributed by atoms with Crippen molar-refractivity contribution in [1.29, 1.82) is 0 Å². The molecule has 2 aromatic heterocycles. The Bertz CT molecular complexity index is 1080. The van der Waals surface area contributed by atoms with E-state index in [4.69, 9.17) is 15.2 Å². The molecular formula is C22H30N6O3. The summed E-state index contributed by atoms with van der Waals surface area (Å²) in [7, 11) is 5.61. The van der Waals surface area contributed by atoms with Gasteiger partial charge in [-0.05, 0) is 58.6 Å². The van der Waals surface area contributed by atoms with E-state index in [9.17, 15) is 4.79 Å². The number of nitrogen functional groups attached to an aromatic ring is 1. The number of carbonyl (C=O) groups excluding carboxylic acids is 1. The molecule has 0 spiro atoms. The molecule has 0 atom stereocenters. The number of hydrogen-bond acceptors (Lipinski definition) is 7. The summed E-state index contributed by atoms with van der Waals surface area (Å²) in [6.07, 6.45) is 1.72. The number of methoxy groups -OCH3 is 1. The van der Waals surface area contributed by atoms with Crippen molar-refractivity contribution >= 4 is 23.1 Å². The minimum atomic E-state index is -0.594. The molecule has 3 N–H and O–H groups in total. The highest BCUT2D eigenvalue weighted by atomic mass is 16.6. The fourth-order valence-corrected chi connectivity index (χ4v) is 3.24. The predicted molar refractivity (Wildman–Crippen MR) is 122 cm³/mol. The van der Waals surface area contributed by atoms with Gasteiger partial charge in [0.05, 0.1) is 12.8 Å². The first kappa shape index (κ1) is 22.4. The summed E-state index contributed by atoms with van der Waals surface area (Å²) < 4.78 is 12.7. The lowest BCUT2D eigenvalue weighted by Gasteiger charge is -2.20. The summed E-state index contributed by atoms with van der Waals surface area (Å²) in [5.74, 6) is 0.906. The van der Waals surface area contributed by atoms with Crippen LogP contribution >= 0.6 is 0 Å². The SMILES string of the molecule is COc1cc(-c2cc(CCN(C)C)n3ncnc(N)c23)ccc1NC(=O)OC(C)(C)C. The number of nitrogens with one attached hydrogen (secondary N) is 1. The van der Waals surface area contributed by atoms with Crippen LogP contribution < -0.4 is 15.8 Å². The van der Waals surface area contributed by atoms with E-state index in [0.29, 0.717) is 17.3 Å². The van der Waals surface area contributed by atoms with Crippen LogP contribution in [0.5, 0.6) is 5.75 Å². The van der Waals surface area contributed by atoms with E-state index in [0.717, 1.165) is 35.3 Å². The van der Waals surface area contributed by atoms with E-state index < -0.39 is 11.7 Å². The third-order valence-electron chi connectivity index (χ3n) is 4.62. The Balaban J connectivity index is 2.00. The van der Waals surface area contributed by atoms with Crippen LogP contribution in [0.15, 0.2) is 30.6 Å². The predicted octanol–water partition coefficient (Wildman–Crippen LogP) is 3.44. The minimum absolute atomic E-state index is 0.399. The van der Waals surface area contributed by atoms with Gasteiger partial charge in [0.2, 0.25) is 0 Å². The van der Waals surface area contributed by atoms with Gasteiger partial charge in [-0.15, -0.1) is 0 Å². The number of anilines is 2. The van der Waals surface area contributed by atoms with Gasteiger partial charge in [0.25, 0.3) is 0 Å². The summed E-state index contributed by atoms with van der Waals surface area (Å²) in [6.45, 7) is 6.31. The minimum Gasteiger partial charge on any atom is -0.495 e. The molecule has 3 rings (SSSR count). The normalized spacial score (nSPS) is 11.7. The molecule has 166 valence electrons. The number of likely N-dealkylation sites (N-methyl/N-ethyl adjacent to an activating group) is 1. The Kier molecular flexibility index (Phi) is 6.35. The van der Waals surface area contributed by atoms with Gasteiger partial charge in [0.1, 0.15) is 23.2 Å². The third-order valence-corrected chi connectivity index (χ3v) is 4.62. The third kappa shape index (κ3) is 5.24. The van der Waals surface area contributed by atoms with Crippen LogP contribution in [0.3, 0.4) is 0 Å². The monoisotopic (exact) mass is 426 g/mol. The smallest absolute Gasteiger partial charge is 0.412 e. The van der Waals surface area contributed by atoms with Crippen molar-refractivity contribution in [3.05, 3.63) is 36.3 Å². The number of ether oxygens (including phenoxy) is 2. The molecule has 0 saturated heterocycles. The zero-order valence-electron chi connectivity index (χ0n) is 18.9. The topological polar surface area (TPSA) is 107 Å². The fraction of sp³-hybridized carbons (Fsp3) is 0.409. The number of aromatic nitrogens is 3. The molecule has 3 aromatic rings. The van der Waals surface area contributed by atoms with Gasteiger partial charge < -0.3 is 20.1 Å². The summed E-state index contributed by atoms with van der Waals surface area (Å²) in [4.78, 5) is 18.5. The summed E-state index contributed by atoms with van der Waals surface area (Å²) in [5, 5.41) is 7.14.